The first-order valence-corrected chi connectivity index (χ1v) is 9.23. The van der Waals surface area contributed by atoms with Crippen LogP contribution in [0, 0.1) is 0 Å². The van der Waals surface area contributed by atoms with Crippen LogP contribution >= 0.6 is 11.8 Å². The van der Waals surface area contributed by atoms with Crippen molar-refractivity contribution >= 4 is 23.5 Å². The highest BCUT2D eigenvalue weighted by Gasteiger charge is 2.20. The Kier molecular flexibility index (Phi) is 7.29. The number of hydrogen-bond donors (Lipinski definition) is 1. The number of nitrogens with one attached hydrogen (secondary N) is 1. The number of piperazine rings is 1. The Bertz CT molecular complexity index is 516. The Morgan fingerprint density at radius 3 is 2.87 bits per heavy atom. The molecule has 2 amide bonds. The minimum atomic E-state index is -0.0459. The highest BCUT2D eigenvalue weighted by Crippen LogP contribution is 2.18. The second kappa shape index (κ2) is 9.47. The van der Waals surface area contributed by atoms with Gasteiger partial charge in [-0.05, 0) is 18.4 Å². The molecule has 1 aromatic rings. The molecule has 0 radical (unpaired) electrons. The second-order valence-corrected chi connectivity index (χ2v) is 6.36. The van der Waals surface area contributed by atoms with Crippen LogP contribution in [0.15, 0.2) is 36.9 Å². The SMILES string of the molecule is C=CCOc1cccc(NC(=O)N2CCN(CCSC)CC2)c1. The van der Waals surface area contributed by atoms with Crippen LogP contribution in [0.3, 0.4) is 0 Å². The molecule has 23 heavy (non-hydrogen) atoms. The van der Waals surface area contributed by atoms with Gasteiger partial charge in [-0.2, -0.15) is 11.8 Å². The third kappa shape index (κ3) is 5.80. The lowest BCUT2D eigenvalue weighted by molar-refractivity contribution is 0.152. The number of benzene rings is 1. The average molecular weight is 335 g/mol. The summed E-state index contributed by atoms with van der Waals surface area (Å²) in [6.45, 7) is 8.60. The first kappa shape index (κ1) is 17.7. The van der Waals surface area contributed by atoms with Crippen molar-refractivity contribution in [3.8, 4) is 5.75 Å². The molecule has 6 heteroatoms. The second-order valence-electron chi connectivity index (χ2n) is 5.38. The maximum absolute atomic E-state index is 12.3. The molecule has 0 saturated carbocycles. The first-order chi connectivity index (χ1) is 11.2. The zero-order valence-electron chi connectivity index (χ0n) is 13.7. The van der Waals surface area contributed by atoms with Crippen LogP contribution in [0.5, 0.6) is 5.75 Å². The highest BCUT2D eigenvalue weighted by atomic mass is 32.2. The summed E-state index contributed by atoms with van der Waals surface area (Å²) >= 11 is 1.86. The number of nitrogens with zero attached hydrogens (tertiary/aromatic N) is 2. The molecule has 0 aromatic heterocycles. The summed E-state index contributed by atoms with van der Waals surface area (Å²) < 4.78 is 5.48. The van der Waals surface area contributed by atoms with E-state index >= 15 is 0 Å². The van der Waals surface area contributed by atoms with E-state index in [4.69, 9.17) is 4.74 Å². The van der Waals surface area contributed by atoms with Gasteiger partial charge in [0.2, 0.25) is 0 Å². The molecule has 1 N–H and O–H groups in total. The van der Waals surface area contributed by atoms with E-state index in [-0.39, 0.29) is 6.03 Å². The van der Waals surface area contributed by atoms with Gasteiger partial charge in [0.1, 0.15) is 12.4 Å². The molecule has 126 valence electrons. The van der Waals surface area contributed by atoms with Crippen LogP contribution in [-0.2, 0) is 0 Å². The predicted octanol–water partition coefficient (Wildman–Crippen LogP) is 2.76. The van der Waals surface area contributed by atoms with E-state index < -0.39 is 0 Å². The van der Waals surface area contributed by atoms with Gasteiger partial charge in [-0.15, -0.1) is 0 Å². The van der Waals surface area contributed by atoms with Crippen LogP contribution in [-0.4, -0.2) is 67.2 Å². The quantitative estimate of drug-likeness (QED) is 0.778. The Morgan fingerprint density at radius 2 is 2.17 bits per heavy atom. The largest absolute Gasteiger partial charge is 0.489 e. The van der Waals surface area contributed by atoms with Crippen LogP contribution in [0.25, 0.3) is 0 Å². The minimum absolute atomic E-state index is 0.0459. The molecule has 0 bridgehead atoms. The van der Waals surface area contributed by atoms with Gasteiger partial charge in [0.15, 0.2) is 0 Å². The maximum Gasteiger partial charge on any atom is 0.321 e. The molecule has 0 unspecified atom stereocenters. The number of ether oxygens (including phenoxy) is 1. The molecule has 1 fully saturated rings. The molecular formula is C17H25N3O2S. The number of amides is 2. The standard InChI is InChI=1S/C17H25N3O2S/c1-3-12-22-16-6-4-5-15(14-16)18-17(21)20-9-7-19(8-10-20)11-13-23-2/h3-6,14H,1,7-13H2,2H3,(H,18,21). The molecule has 0 spiro atoms. The molecule has 0 atom stereocenters. The van der Waals surface area contributed by atoms with Gasteiger partial charge in [-0.1, -0.05) is 18.7 Å². The molecule has 1 aliphatic heterocycles. The Labute approximate surface area is 142 Å². The van der Waals surface area contributed by atoms with Crippen LogP contribution in [0.2, 0.25) is 0 Å². The zero-order valence-corrected chi connectivity index (χ0v) is 14.5. The molecule has 1 aromatic carbocycles. The van der Waals surface area contributed by atoms with Crippen molar-refractivity contribution in [1.82, 2.24) is 9.80 Å². The topological polar surface area (TPSA) is 44.8 Å². The molecular weight excluding hydrogens is 310 g/mol. The van der Waals surface area contributed by atoms with Crippen molar-refractivity contribution in [2.75, 3.05) is 56.7 Å². The lowest BCUT2D eigenvalue weighted by Crippen LogP contribution is -2.50. The van der Waals surface area contributed by atoms with Crippen molar-refractivity contribution in [2.24, 2.45) is 0 Å². The van der Waals surface area contributed by atoms with Crippen LogP contribution in [0.1, 0.15) is 0 Å². The minimum Gasteiger partial charge on any atom is -0.489 e. The van der Waals surface area contributed by atoms with Crippen LogP contribution < -0.4 is 10.1 Å². The van der Waals surface area contributed by atoms with E-state index in [9.17, 15) is 4.79 Å². The number of carbonyl (C=O) groups excluding carboxylic acids is 1. The monoisotopic (exact) mass is 335 g/mol. The van der Waals surface area contributed by atoms with Gasteiger partial charge >= 0.3 is 6.03 Å². The molecule has 1 saturated heterocycles. The summed E-state index contributed by atoms with van der Waals surface area (Å²) in [4.78, 5) is 16.6. The average Bonchev–Trinajstić information content (AvgIpc) is 2.59. The van der Waals surface area contributed by atoms with Crippen molar-refractivity contribution in [2.45, 2.75) is 0 Å². The summed E-state index contributed by atoms with van der Waals surface area (Å²) in [6, 6.07) is 7.39. The summed E-state index contributed by atoms with van der Waals surface area (Å²) in [6.07, 6.45) is 3.82. The van der Waals surface area contributed by atoms with E-state index in [1.165, 1.54) is 0 Å². The zero-order chi connectivity index (χ0) is 16.5. The van der Waals surface area contributed by atoms with Crippen molar-refractivity contribution in [3.63, 3.8) is 0 Å². The first-order valence-electron chi connectivity index (χ1n) is 7.84. The number of rotatable bonds is 7. The highest BCUT2D eigenvalue weighted by molar-refractivity contribution is 7.98. The van der Waals surface area contributed by atoms with Gasteiger partial charge < -0.3 is 15.0 Å². The summed E-state index contributed by atoms with van der Waals surface area (Å²) in [5, 5.41) is 2.94. The van der Waals surface area contributed by atoms with Gasteiger partial charge in [-0.3, -0.25) is 4.90 Å². The van der Waals surface area contributed by atoms with E-state index in [2.05, 4.69) is 23.1 Å². The maximum atomic E-state index is 12.3. The third-order valence-corrected chi connectivity index (χ3v) is 4.32. The lowest BCUT2D eigenvalue weighted by Gasteiger charge is -2.34. The van der Waals surface area contributed by atoms with Gasteiger partial charge in [0.25, 0.3) is 0 Å². The normalized spacial score (nSPS) is 15.3. The van der Waals surface area contributed by atoms with E-state index in [0.717, 1.165) is 49.9 Å². The Balaban J connectivity index is 1.82. The van der Waals surface area contributed by atoms with Crippen molar-refractivity contribution < 1.29 is 9.53 Å². The summed E-state index contributed by atoms with van der Waals surface area (Å²) in [5.41, 5.74) is 0.751. The van der Waals surface area contributed by atoms with Gasteiger partial charge in [0.05, 0.1) is 0 Å². The van der Waals surface area contributed by atoms with Gasteiger partial charge in [-0.25, -0.2) is 4.79 Å². The number of thioether (sulfide) groups is 1. The Hall–Kier alpha value is -1.66. The van der Waals surface area contributed by atoms with Crippen molar-refractivity contribution in [1.29, 1.82) is 0 Å². The number of carbonyl (C=O) groups is 1. The smallest absolute Gasteiger partial charge is 0.321 e. The molecule has 1 aliphatic rings. The van der Waals surface area contributed by atoms with Gasteiger partial charge in [0, 0.05) is 50.2 Å². The lowest BCUT2D eigenvalue weighted by atomic mass is 10.3. The number of urea groups is 1. The fourth-order valence-corrected chi connectivity index (χ4v) is 2.86. The van der Waals surface area contributed by atoms with E-state index in [1.807, 2.05) is 40.9 Å². The molecule has 2 rings (SSSR count). The molecule has 0 aliphatic carbocycles. The Morgan fingerprint density at radius 1 is 1.39 bits per heavy atom. The number of anilines is 1. The molecule has 5 nitrogen and oxygen atoms in total. The predicted molar refractivity (Wildman–Crippen MR) is 97.5 cm³/mol. The van der Waals surface area contributed by atoms with E-state index in [0.29, 0.717) is 6.61 Å². The molecule has 1 heterocycles. The summed E-state index contributed by atoms with van der Waals surface area (Å²) in [7, 11) is 0. The third-order valence-electron chi connectivity index (χ3n) is 3.72. The van der Waals surface area contributed by atoms with Crippen LogP contribution in [0.4, 0.5) is 10.5 Å². The van der Waals surface area contributed by atoms with E-state index in [1.54, 1.807) is 6.08 Å². The fourth-order valence-electron chi connectivity index (χ4n) is 2.42. The fraction of sp³-hybridized carbons (Fsp3) is 0.471. The number of hydrogen-bond acceptors (Lipinski definition) is 4. The summed E-state index contributed by atoms with van der Waals surface area (Å²) in [5.74, 6) is 1.87. The van der Waals surface area contributed by atoms with Crippen molar-refractivity contribution in [3.05, 3.63) is 36.9 Å².